The van der Waals surface area contributed by atoms with Crippen LogP contribution in [0.3, 0.4) is 0 Å². The highest BCUT2D eigenvalue weighted by molar-refractivity contribution is 5.73. The summed E-state index contributed by atoms with van der Waals surface area (Å²) in [6, 6.07) is 0. The van der Waals surface area contributed by atoms with Crippen molar-refractivity contribution < 1.29 is 4.79 Å². The van der Waals surface area contributed by atoms with Gasteiger partial charge in [-0.2, -0.15) is 0 Å². The topological polar surface area (TPSA) is 29.1 Å². The zero-order valence-corrected chi connectivity index (χ0v) is 8.85. The number of rotatable bonds is 2. The van der Waals surface area contributed by atoms with E-state index in [1.165, 1.54) is 13.1 Å². The molecule has 0 saturated carbocycles. The molecule has 0 unspecified atom stereocenters. The summed E-state index contributed by atoms with van der Waals surface area (Å²) in [5, 5.41) is 2.46. The van der Waals surface area contributed by atoms with E-state index in [2.05, 4.69) is 11.9 Å². The molecule has 2 heteroatoms. The fourth-order valence-electron chi connectivity index (χ4n) is 0.234. The Morgan fingerprint density at radius 3 is 1.92 bits per heavy atom. The second-order valence-electron chi connectivity index (χ2n) is 1.30. The number of carbonyl (C=O) groups is 1. The van der Waals surface area contributed by atoms with Crippen LogP contribution in [0.5, 0.6) is 0 Å². The van der Waals surface area contributed by atoms with E-state index in [1.807, 2.05) is 27.7 Å². The highest BCUT2D eigenvalue weighted by Crippen LogP contribution is 1.66. The molecule has 0 spiro atoms. The minimum atomic E-state index is -0.0666. The summed E-state index contributed by atoms with van der Waals surface area (Å²) in [5.74, 6) is -0.0666. The summed E-state index contributed by atoms with van der Waals surface area (Å²) >= 11 is 0. The summed E-state index contributed by atoms with van der Waals surface area (Å²) < 4.78 is 0. The molecule has 0 rings (SSSR count). The SMILES string of the molecule is C=C/C=C/NC(C)=O.CC.CC. The first kappa shape index (κ1) is 17.2. The minimum absolute atomic E-state index is 0.0666. The monoisotopic (exact) mass is 171 g/mol. The van der Waals surface area contributed by atoms with E-state index in [0.29, 0.717) is 0 Å². The Hall–Kier alpha value is -1.05. The molecular weight excluding hydrogens is 150 g/mol. The summed E-state index contributed by atoms with van der Waals surface area (Å²) in [7, 11) is 0. The smallest absolute Gasteiger partial charge is 0.220 e. The van der Waals surface area contributed by atoms with Crippen LogP contribution in [0.15, 0.2) is 24.9 Å². The van der Waals surface area contributed by atoms with Gasteiger partial charge in [0, 0.05) is 13.1 Å². The number of carbonyl (C=O) groups excluding carboxylic acids is 1. The molecule has 12 heavy (non-hydrogen) atoms. The first-order valence-electron chi connectivity index (χ1n) is 4.32. The molecule has 0 radical (unpaired) electrons. The van der Waals surface area contributed by atoms with Crippen molar-refractivity contribution in [1.29, 1.82) is 0 Å². The quantitative estimate of drug-likeness (QED) is 0.636. The highest BCUT2D eigenvalue weighted by Gasteiger charge is 1.77. The molecule has 0 aliphatic heterocycles. The van der Waals surface area contributed by atoms with Crippen molar-refractivity contribution in [3.63, 3.8) is 0 Å². The number of amides is 1. The molecule has 0 saturated heterocycles. The van der Waals surface area contributed by atoms with Gasteiger partial charge in [-0.15, -0.1) is 0 Å². The van der Waals surface area contributed by atoms with E-state index in [9.17, 15) is 4.79 Å². The van der Waals surface area contributed by atoms with Gasteiger partial charge in [-0.05, 0) is 6.08 Å². The summed E-state index contributed by atoms with van der Waals surface area (Å²) in [6.45, 7) is 12.9. The van der Waals surface area contributed by atoms with Gasteiger partial charge in [0.1, 0.15) is 0 Å². The molecule has 0 aromatic carbocycles. The highest BCUT2D eigenvalue weighted by atomic mass is 16.1. The standard InChI is InChI=1S/C6H9NO.2C2H6/c1-3-4-5-7-6(2)8;2*1-2/h3-5H,1H2,2H3,(H,7,8);2*1-2H3/b5-4+;;. The molecule has 0 atom stereocenters. The maximum Gasteiger partial charge on any atom is 0.220 e. The van der Waals surface area contributed by atoms with Crippen molar-refractivity contribution >= 4 is 5.91 Å². The van der Waals surface area contributed by atoms with E-state index in [0.717, 1.165) is 0 Å². The van der Waals surface area contributed by atoms with E-state index in [1.54, 1.807) is 12.2 Å². The summed E-state index contributed by atoms with van der Waals surface area (Å²) in [4.78, 5) is 10.1. The largest absolute Gasteiger partial charge is 0.333 e. The maximum atomic E-state index is 10.1. The molecule has 0 bridgehead atoms. The van der Waals surface area contributed by atoms with Crippen molar-refractivity contribution in [2.75, 3.05) is 0 Å². The molecule has 1 amide bonds. The van der Waals surface area contributed by atoms with Crippen LogP contribution < -0.4 is 5.32 Å². The molecular formula is C10H21NO. The van der Waals surface area contributed by atoms with Crippen LogP contribution in [0.2, 0.25) is 0 Å². The zero-order valence-electron chi connectivity index (χ0n) is 8.85. The van der Waals surface area contributed by atoms with E-state index in [4.69, 9.17) is 0 Å². The Labute approximate surface area is 76.4 Å². The normalized spacial score (nSPS) is 7.08. The second-order valence-corrected chi connectivity index (χ2v) is 1.30. The van der Waals surface area contributed by atoms with E-state index >= 15 is 0 Å². The van der Waals surface area contributed by atoms with Gasteiger partial charge in [-0.25, -0.2) is 0 Å². The van der Waals surface area contributed by atoms with Gasteiger partial charge in [-0.3, -0.25) is 4.79 Å². The number of nitrogens with one attached hydrogen (secondary N) is 1. The Kier molecular flexibility index (Phi) is 32.2. The van der Waals surface area contributed by atoms with Crippen molar-refractivity contribution in [2.24, 2.45) is 0 Å². The molecule has 72 valence electrons. The minimum Gasteiger partial charge on any atom is -0.333 e. The van der Waals surface area contributed by atoms with Gasteiger partial charge < -0.3 is 5.32 Å². The van der Waals surface area contributed by atoms with Crippen LogP contribution in [0.4, 0.5) is 0 Å². The van der Waals surface area contributed by atoms with E-state index < -0.39 is 0 Å². The Balaban J connectivity index is -0.000000175. The number of hydrogen-bond donors (Lipinski definition) is 1. The first-order chi connectivity index (χ1) is 5.77. The lowest BCUT2D eigenvalue weighted by atomic mass is 10.6. The molecule has 0 aliphatic rings. The first-order valence-corrected chi connectivity index (χ1v) is 4.32. The second kappa shape index (κ2) is 22.5. The summed E-state index contributed by atoms with van der Waals surface area (Å²) in [5.41, 5.74) is 0. The van der Waals surface area contributed by atoms with Gasteiger partial charge in [0.05, 0.1) is 0 Å². The third-order valence-electron chi connectivity index (χ3n) is 0.519. The van der Waals surface area contributed by atoms with Crippen LogP contribution in [0.25, 0.3) is 0 Å². The van der Waals surface area contributed by atoms with Crippen molar-refractivity contribution in [3.8, 4) is 0 Å². The van der Waals surface area contributed by atoms with Crippen molar-refractivity contribution in [1.82, 2.24) is 5.32 Å². The van der Waals surface area contributed by atoms with Crippen LogP contribution in [-0.2, 0) is 4.79 Å². The molecule has 0 aromatic rings. The average Bonchev–Trinajstić information content (AvgIpc) is 2.12. The van der Waals surface area contributed by atoms with E-state index in [-0.39, 0.29) is 5.91 Å². The van der Waals surface area contributed by atoms with Gasteiger partial charge >= 0.3 is 0 Å². The van der Waals surface area contributed by atoms with Gasteiger partial charge in [0.15, 0.2) is 0 Å². The molecule has 0 fully saturated rings. The molecule has 2 nitrogen and oxygen atoms in total. The Morgan fingerprint density at radius 1 is 1.25 bits per heavy atom. The Morgan fingerprint density at radius 2 is 1.67 bits per heavy atom. The van der Waals surface area contributed by atoms with Crippen molar-refractivity contribution in [3.05, 3.63) is 24.9 Å². The molecule has 0 heterocycles. The molecule has 0 aromatic heterocycles. The third kappa shape index (κ3) is 36.3. The lowest BCUT2D eigenvalue weighted by Gasteiger charge is -1.85. The van der Waals surface area contributed by atoms with Crippen LogP contribution in [-0.4, -0.2) is 5.91 Å². The van der Waals surface area contributed by atoms with Crippen molar-refractivity contribution in [2.45, 2.75) is 34.6 Å². The van der Waals surface area contributed by atoms with Gasteiger partial charge in [0.2, 0.25) is 5.91 Å². The fourth-order valence-corrected chi connectivity index (χ4v) is 0.234. The zero-order chi connectivity index (χ0) is 10.4. The molecule has 1 N–H and O–H groups in total. The van der Waals surface area contributed by atoms with Gasteiger partial charge in [-0.1, -0.05) is 40.3 Å². The molecule has 0 aliphatic carbocycles. The van der Waals surface area contributed by atoms with Crippen LogP contribution in [0.1, 0.15) is 34.6 Å². The lowest BCUT2D eigenvalue weighted by molar-refractivity contribution is -0.118. The maximum absolute atomic E-state index is 10.1. The predicted molar refractivity (Wildman–Crippen MR) is 55.8 cm³/mol. The van der Waals surface area contributed by atoms with Crippen LogP contribution in [0, 0.1) is 0 Å². The number of hydrogen-bond acceptors (Lipinski definition) is 1. The number of allylic oxidation sites excluding steroid dienone is 2. The fraction of sp³-hybridized carbons (Fsp3) is 0.500. The summed E-state index contributed by atoms with van der Waals surface area (Å²) in [6.07, 6.45) is 4.78. The Bertz CT molecular complexity index is 117. The lowest BCUT2D eigenvalue weighted by Crippen LogP contribution is -2.10. The van der Waals surface area contributed by atoms with Gasteiger partial charge in [0.25, 0.3) is 0 Å². The average molecular weight is 171 g/mol. The predicted octanol–water partition coefficient (Wildman–Crippen LogP) is 2.87. The third-order valence-corrected chi connectivity index (χ3v) is 0.519. The van der Waals surface area contributed by atoms with Crippen LogP contribution >= 0.6 is 0 Å².